The smallest absolute Gasteiger partial charge is 0.409 e. The van der Waals surface area contributed by atoms with Gasteiger partial charge in [-0.15, -0.1) is 0 Å². The number of carbonyl (C=O) groups excluding carboxylic acids is 2. The summed E-state index contributed by atoms with van der Waals surface area (Å²) in [6, 6.07) is 0. The van der Waals surface area contributed by atoms with Gasteiger partial charge in [-0.05, 0) is 19.8 Å². The van der Waals surface area contributed by atoms with Crippen LogP contribution in [-0.2, 0) is 14.3 Å². The summed E-state index contributed by atoms with van der Waals surface area (Å²) in [5, 5.41) is 11.9. The van der Waals surface area contributed by atoms with E-state index in [1.54, 1.807) is 16.7 Å². The van der Waals surface area contributed by atoms with Gasteiger partial charge in [-0.3, -0.25) is 14.9 Å². The number of esters is 1. The number of nitro groups is 1. The third kappa shape index (κ3) is 4.52. The van der Waals surface area contributed by atoms with E-state index in [-0.39, 0.29) is 35.3 Å². The number of methoxy groups -OCH3 is 1. The molecule has 164 valence electrons. The highest BCUT2D eigenvalue weighted by Crippen LogP contribution is 2.36. The first-order valence-electron chi connectivity index (χ1n) is 9.95. The average molecular weight is 422 g/mol. The van der Waals surface area contributed by atoms with Gasteiger partial charge < -0.3 is 24.2 Å². The van der Waals surface area contributed by atoms with Crippen LogP contribution in [0.1, 0.15) is 19.8 Å². The zero-order chi connectivity index (χ0) is 21.7. The Balaban J connectivity index is 1.76. The van der Waals surface area contributed by atoms with Crippen molar-refractivity contribution in [2.24, 2.45) is 5.92 Å². The number of anilines is 2. The van der Waals surface area contributed by atoms with Crippen LogP contribution < -0.4 is 9.80 Å². The Labute approximate surface area is 173 Å². The van der Waals surface area contributed by atoms with Gasteiger partial charge in [0, 0.05) is 39.3 Å². The molecular weight excluding hydrogens is 396 g/mol. The van der Waals surface area contributed by atoms with Crippen molar-refractivity contribution in [3.63, 3.8) is 0 Å². The van der Waals surface area contributed by atoms with E-state index in [0.29, 0.717) is 58.7 Å². The number of piperazine rings is 1. The Kier molecular flexibility index (Phi) is 6.85. The fourth-order valence-corrected chi connectivity index (χ4v) is 3.80. The van der Waals surface area contributed by atoms with Crippen LogP contribution >= 0.6 is 0 Å². The minimum Gasteiger partial charge on any atom is -0.469 e. The number of amides is 1. The lowest BCUT2D eigenvalue weighted by Crippen LogP contribution is -2.49. The van der Waals surface area contributed by atoms with E-state index < -0.39 is 4.92 Å². The first-order valence-corrected chi connectivity index (χ1v) is 9.95. The molecule has 30 heavy (non-hydrogen) atoms. The summed E-state index contributed by atoms with van der Waals surface area (Å²) in [5.74, 6) is 0.0271. The van der Waals surface area contributed by atoms with Crippen molar-refractivity contribution < 1.29 is 24.0 Å². The zero-order valence-corrected chi connectivity index (χ0v) is 17.2. The molecule has 0 unspecified atom stereocenters. The molecule has 0 aliphatic carbocycles. The second-order valence-electron chi connectivity index (χ2n) is 7.08. The first-order chi connectivity index (χ1) is 14.5. The molecular formula is C18H26N6O6. The van der Waals surface area contributed by atoms with Crippen molar-refractivity contribution in [1.82, 2.24) is 14.9 Å². The molecule has 12 heteroatoms. The Morgan fingerprint density at radius 3 is 2.17 bits per heavy atom. The highest BCUT2D eigenvalue weighted by atomic mass is 16.6. The predicted octanol–water partition coefficient (Wildman–Crippen LogP) is 1.05. The molecule has 12 nitrogen and oxygen atoms in total. The van der Waals surface area contributed by atoms with Crippen LogP contribution in [-0.4, -0.2) is 84.8 Å². The summed E-state index contributed by atoms with van der Waals surface area (Å²) in [6.45, 7) is 4.56. The van der Waals surface area contributed by atoms with E-state index in [2.05, 4.69) is 9.97 Å². The molecule has 2 saturated heterocycles. The van der Waals surface area contributed by atoms with E-state index in [1.807, 2.05) is 4.90 Å². The molecule has 1 amide bonds. The summed E-state index contributed by atoms with van der Waals surface area (Å²) in [6.07, 6.45) is 2.02. The van der Waals surface area contributed by atoms with Crippen LogP contribution in [0, 0.1) is 16.0 Å². The van der Waals surface area contributed by atoms with Gasteiger partial charge in [-0.2, -0.15) is 0 Å². The molecule has 1 aromatic heterocycles. The van der Waals surface area contributed by atoms with Gasteiger partial charge in [0.1, 0.15) is 6.33 Å². The Bertz CT molecular complexity index is 789. The molecule has 3 rings (SSSR count). The second-order valence-corrected chi connectivity index (χ2v) is 7.08. The molecule has 1 aromatic rings. The van der Waals surface area contributed by atoms with E-state index >= 15 is 0 Å². The summed E-state index contributed by atoms with van der Waals surface area (Å²) < 4.78 is 9.81. The van der Waals surface area contributed by atoms with Gasteiger partial charge in [0.25, 0.3) is 0 Å². The highest BCUT2D eigenvalue weighted by Gasteiger charge is 2.35. The number of ether oxygens (including phenoxy) is 2. The summed E-state index contributed by atoms with van der Waals surface area (Å²) in [5.41, 5.74) is -0.154. The van der Waals surface area contributed by atoms with Crippen molar-refractivity contribution in [1.29, 1.82) is 0 Å². The lowest BCUT2D eigenvalue weighted by atomic mass is 9.97. The number of aromatic nitrogens is 2. The number of nitrogens with zero attached hydrogens (tertiary/aromatic N) is 6. The number of hydrogen-bond donors (Lipinski definition) is 0. The van der Waals surface area contributed by atoms with Crippen LogP contribution in [0.15, 0.2) is 6.33 Å². The zero-order valence-electron chi connectivity index (χ0n) is 17.2. The van der Waals surface area contributed by atoms with Crippen LogP contribution in [0.4, 0.5) is 22.1 Å². The number of hydrogen-bond acceptors (Lipinski definition) is 10. The maximum atomic E-state index is 11.9. The van der Waals surface area contributed by atoms with Gasteiger partial charge in [-0.1, -0.05) is 0 Å². The SMILES string of the molecule is CCOC(=O)N1CCN(c2ncnc(N3CCC(C(=O)OC)CC3)c2[N+](=O)[O-])CC1. The molecule has 0 atom stereocenters. The lowest BCUT2D eigenvalue weighted by molar-refractivity contribution is -0.383. The van der Waals surface area contributed by atoms with Crippen LogP contribution in [0.5, 0.6) is 0 Å². The number of piperidine rings is 1. The average Bonchev–Trinajstić information content (AvgIpc) is 2.78. The molecule has 0 aromatic carbocycles. The van der Waals surface area contributed by atoms with Crippen molar-refractivity contribution >= 4 is 29.4 Å². The largest absolute Gasteiger partial charge is 0.469 e. The fraction of sp³-hybridized carbons (Fsp3) is 0.667. The Morgan fingerprint density at radius 2 is 1.67 bits per heavy atom. The summed E-state index contributed by atoms with van der Waals surface area (Å²) >= 11 is 0. The van der Waals surface area contributed by atoms with Crippen LogP contribution in [0.3, 0.4) is 0 Å². The normalized spacial score (nSPS) is 17.6. The molecule has 0 N–H and O–H groups in total. The van der Waals surface area contributed by atoms with E-state index in [0.717, 1.165) is 0 Å². The van der Waals surface area contributed by atoms with Crippen LogP contribution in [0.2, 0.25) is 0 Å². The van der Waals surface area contributed by atoms with E-state index in [4.69, 9.17) is 9.47 Å². The lowest BCUT2D eigenvalue weighted by Gasteiger charge is -2.35. The standard InChI is InChI=1S/C18H26N6O6/c1-3-30-18(26)23-10-8-22(9-11-23)16-14(24(27)28)15(19-12-20-16)21-6-4-13(5-7-21)17(25)29-2/h12-13H,3-11H2,1-2H3. The molecule has 2 fully saturated rings. The van der Waals surface area contributed by atoms with Gasteiger partial charge in [-0.25, -0.2) is 14.8 Å². The van der Waals surface area contributed by atoms with Crippen molar-refractivity contribution in [2.45, 2.75) is 19.8 Å². The number of rotatable bonds is 5. The Morgan fingerprint density at radius 1 is 1.10 bits per heavy atom. The monoisotopic (exact) mass is 422 g/mol. The molecule has 0 radical (unpaired) electrons. The molecule has 2 aliphatic heterocycles. The third-order valence-electron chi connectivity index (χ3n) is 5.40. The minimum atomic E-state index is -0.464. The van der Waals surface area contributed by atoms with Crippen LogP contribution in [0.25, 0.3) is 0 Å². The minimum absolute atomic E-state index is 0.154. The van der Waals surface area contributed by atoms with Gasteiger partial charge in [0.2, 0.25) is 11.6 Å². The third-order valence-corrected chi connectivity index (χ3v) is 5.40. The van der Waals surface area contributed by atoms with Gasteiger partial charge in [0.15, 0.2) is 0 Å². The molecule has 2 aliphatic rings. The summed E-state index contributed by atoms with van der Waals surface area (Å²) in [7, 11) is 1.36. The topological polar surface area (TPSA) is 131 Å². The molecule has 0 saturated carbocycles. The van der Waals surface area contributed by atoms with Crippen molar-refractivity contribution in [2.75, 3.05) is 62.8 Å². The maximum absolute atomic E-state index is 11.9. The van der Waals surface area contributed by atoms with E-state index in [1.165, 1.54) is 13.4 Å². The highest BCUT2D eigenvalue weighted by molar-refractivity contribution is 5.74. The molecule has 3 heterocycles. The van der Waals surface area contributed by atoms with Gasteiger partial charge >= 0.3 is 17.7 Å². The first kappa shape index (κ1) is 21.5. The van der Waals surface area contributed by atoms with Crippen molar-refractivity contribution in [3.05, 3.63) is 16.4 Å². The van der Waals surface area contributed by atoms with Crippen molar-refractivity contribution in [3.8, 4) is 0 Å². The fourth-order valence-electron chi connectivity index (χ4n) is 3.80. The quantitative estimate of drug-likeness (QED) is 0.385. The number of carbonyl (C=O) groups is 2. The second kappa shape index (κ2) is 9.55. The van der Waals surface area contributed by atoms with E-state index in [9.17, 15) is 19.7 Å². The molecule has 0 bridgehead atoms. The maximum Gasteiger partial charge on any atom is 0.409 e. The predicted molar refractivity (Wildman–Crippen MR) is 106 cm³/mol. The molecule has 0 spiro atoms. The Hall–Kier alpha value is -3.18. The summed E-state index contributed by atoms with van der Waals surface area (Å²) in [4.78, 5) is 48.6. The van der Waals surface area contributed by atoms with Gasteiger partial charge in [0.05, 0.1) is 24.6 Å².